The van der Waals surface area contributed by atoms with Crippen molar-refractivity contribution in [2.75, 3.05) is 5.73 Å². The van der Waals surface area contributed by atoms with Crippen LogP contribution >= 0.6 is 0 Å². The molecule has 0 aromatic carbocycles. The molecule has 2 rings (SSSR count). The smallest absolute Gasteiger partial charge is 0.189 e. The van der Waals surface area contributed by atoms with Gasteiger partial charge in [-0.1, -0.05) is 5.16 Å². The highest BCUT2D eigenvalue weighted by molar-refractivity contribution is 5.69. The number of pyridine rings is 1. The van der Waals surface area contributed by atoms with E-state index >= 15 is 0 Å². The van der Waals surface area contributed by atoms with E-state index in [9.17, 15) is 0 Å². The summed E-state index contributed by atoms with van der Waals surface area (Å²) in [6, 6.07) is 3.74. The van der Waals surface area contributed by atoms with Crippen molar-refractivity contribution in [3.8, 4) is 11.3 Å². The van der Waals surface area contributed by atoms with Crippen molar-refractivity contribution in [1.29, 1.82) is 0 Å². The van der Waals surface area contributed by atoms with E-state index in [0.717, 1.165) is 11.3 Å². The quantitative estimate of drug-likeness (QED) is 0.715. The van der Waals surface area contributed by atoms with E-state index in [1.54, 1.807) is 6.20 Å². The van der Waals surface area contributed by atoms with Gasteiger partial charge < -0.3 is 10.3 Å². The lowest BCUT2D eigenvalue weighted by atomic mass is 10.2. The molecule has 0 aliphatic rings. The van der Waals surface area contributed by atoms with Gasteiger partial charge in [0.05, 0.1) is 6.20 Å². The maximum Gasteiger partial charge on any atom is 0.189 e. The molecule has 0 atom stereocenters. The number of aromatic nitrogens is 2. The van der Waals surface area contributed by atoms with Crippen LogP contribution in [0.4, 0.5) is 5.69 Å². The number of hydrogen-bond acceptors (Lipinski definition) is 4. The Morgan fingerprint density at radius 1 is 1.46 bits per heavy atom. The summed E-state index contributed by atoms with van der Waals surface area (Å²) in [5.74, 6) is 0.602. The molecule has 2 aromatic heterocycles. The number of anilines is 1. The highest BCUT2D eigenvalue weighted by Gasteiger charge is 2.07. The van der Waals surface area contributed by atoms with Gasteiger partial charge in [-0.05, 0) is 19.1 Å². The molecule has 2 aromatic rings. The first-order valence-electron chi connectivity index (χ1n) is 3.90. The van der Waals surface area contributed by atoms with Crippen LogP contribution in [0, 0.1) is 6.92 Å². The third-order valence-electron chi connectivity index (χ3n) is 1.76. The average Bonchev–Trinajstić information content (AvgIpc) is 2.51. The minimum Gasteiger partial charge on any atom is -0.394 e. The molecule has 0 bridgehead atoms. The lowest BCUT2D eigenvalue weighted by molar-refractivity contribution is 0.432. The second-order valence-electron chi connectivity index (χ2n) is 2.80. The second kappa shape index (κ2) is 2.90. The molecule has 0 radical (unpaired) electrons. The maximum atomic E-state index is 5.65. The highest BCUT2D eigenvalue weighted by atomic mass is 16.5. The molecule has 4 nitrogen and oxygen atoms in total. The molecule has 0 unspecified atom stereocenters. The molecule has 2 N–H and O–H groups in total. The SMILES string of the molecule is Cc1cc(-c2oncc2N)ccn1. The Labute approximate surface area is 75.4 Å². The van der Waals surface area contributed by atoms with Crippen molar-refractivity contribution < 1.29 is 4.52 Å². The Morgan fingerprint density at radius 2 is 2.31 bits per heavy atom. The van der Waals surface area contributed by atoms with Crippen LogP contribution in [0.1, 0.15) is 5.69 Å². The van der Waals surface area contributed by atoms with E-state index in [0.29, 0.717) is 11.4 Å². The average molecular weight is 175 g/mol. The number of nitrogens with two attached hydrogens (primary N) is 1. The summed E-state index contributed by atoms with van der Waals surface area (Å²) in [7, 11) is 0. The fourth-order valence-corrected chi connectivity index (χ4v) is 1.15. The predicted molar refractivity (Wildman–Crippen MR) is 48.9 cm³/mol. The summed E-state index contributed by atoms with van der Waals surface area (Å²) in [6.07, 6.45) is 3.21. The molecular weight excluding hydrogens is 166 g/mol. The first-order valence-corrected chi connectivity index (χ1v) is 3.90. The summed E-state index contributed by atoms with van der Waals surface area (Å²) >= 11 is 0. The zero-order valence-electron chi connectivity index (χ0n) is 7.19. The standard InChI is InChI=1S/C9H9N3O/c1-6-4-7(2-3-11-6)9-8(10)5-12-13-9/h2-5H,10H2,1H3. The fraction of sp³-hybridized carbons (Fsp3) is 0.111. The van der Waals surface area contributed by atoms with Crippen LogP contribution in [0.15, 0.2) is 29.0 Å². The van der Waals surface area contributed by atoms with Crippen molar-refractivity contribution in [3.63, 3.8) is 0 Å². The molecule has 0 saturated heterocycles. The van der Waals surface area contributed by atoms with Gasteiger partial charge >= 0.3 is 0 Å². The van der Waals surface area contributed by atoms with E-state index in [4.69, 9.17) is 10.3 Å². The normalized spacial score (nSPS) is 10.2. The molecule has 0 saturated carbocycles. The molecular formula is C9H9N3O. The van der Waals surface area contributed by atoms with Gasteiger partial charge in [0, 0.05) is 17.5 Å². The molecule has 13 heavy (non-hydrogen) atoms. The lowest BCUT2D eigenvalue weighted by Crippen LogP contribution is -1.86. The number of nitrogen functional groups attached to an aromatic ring is 1. The van der Waals surface area contributed by atoms with E-state index in [1.165, 1.54) is 6.20 Å². The molecule has 0 aliphatic carbocycles. The van der Waals surface area contributed by atoms with Crippen LogP contribution < -0.4 is 5.73 Å². The summed E-state index contributed by atoms with van der Waals surface area (Å²) in [5.41, 5.74) is 8.02. The molecule has 0 aliphatic heterocycles. The Morgan fingerprint density at radius 3 is 2.92 bits per heavy atom. The summed E-state index contributed by atoms with van der Waals surface area (Å²) < 4.78 is 5.00. The van der Waals surface area contributed by atoms with Gasteiger partial charge in [0.1, 0.15) is 5.69 Å². The number of aryl methyl sites for hydroxylation is 1. The molecule has 0 spiro atoms. The van der Waals surface area contributed by atoms with E-state index in [2.05, 4.69) is 10.1 Å². The summed E-state index contributed by atoms with van der Waals surface area (Å²) in [5, 5.41) is 3.61. The van der Waals surface area contributed by atoms with Gasteiger partial charge in [-0.3, -0.25) is 4.98 Å². The van der Waals surface area contributed by atoms with Crippen LogP contribution in [0.3, 0.4) is 0 Å². The molecule has 4 heteroatoms. The maximum absolute atomic E-state index is 5.65. The zero-order chi connectivity index (χ0) is 9.26. The van der Waals surface area contributed by atoms with Gasteiger partial charge in [-0.25, -0.2) is 0 Å². The van der Waals surface area contributed by atoms with Crippen LogP contribution in [0.25, 0.3) is 11.3 Å². The van der Waals surface area contributed by atoms with E-state index < -0.39 is 0 Å². The van der Waals surface area contributed by atoms with Gasteiger partial charge in [0.2, 0.25) is 0 Å². The van der Waals surface area contributed by atoms with E-state index in [-0.39, 0.29) is 0 Å². The number of rotatable bonds is 1. The number of hydrogen-bond donors (Lipinski definition) is 1. The lowest BCUT2D eigenvalue weighted by Gasteiger charge is -1.97. The largest absolute Gasteiger partial charge is 0.394 e. The third kappa shape index (κ3) is 1.38. The van der Waals surface area contributed by atoms with Crippen LogP contribution in [-0.2, 0) is 0 Å². The molecule has 2 heterocycles. The summed E-state index contributed by atoms with van der Waals surface area (Å²) in [6.45, 7) is 1.91. The predicted octanol–water partition coefficient (Wildman–Crippen LogP) is 1.63. The topological polar surface area (TPSA) is 64.9 Å². The van der Waals surface area contributed by atoms with Crippen molar-refractivity contribution in [2.24, 2.45) is 0 Å². The van der Waals surface area contributed by atoms with E-state index in [1.807, 2.05) is 19.1 Å². The third-order valence-corrected chi connectivity index (χ3v) is 1.76. The molecule has 0 fully saturated rings. The second-order valence-corrected chi connectivity index (χ2v) is 2.80. The minimum atomic E-state index is 0.547. The molecule has 0 amide bonds. The monoisotopic (exact) mass is 175 g/mol. The summed E-state index contributed by atoms with van der Waals surface area (Å²) in [4.78, 5) is 4.08. The first kappa shape index (κ1) is 7.79. The zero-order valence-corrected chi connectivity index (χ0v) is 7.19. The van der Waals surface area contributed by atoms with Crippen molar-refractivity contribution in [1.82, 2.24) is 10.1 Å². The van der Waals surface area contributed by atoms with Crippen molar-refractivity contribution in [3.05, 3.63) is 30.2 Å². The highest BCUT2D eigenvalue weighted by Crippen LogP contribution is 2.24. The fourth-order valence-electron chi connectivity index (χ4n) is 1.15. The van der Waals surface area contributed by atoms with Gasteiger partial charge in [0.15, 0.2) is 5.76 Å². The van der Waals surface area contributed by atoms with Crippen LogP contribution in [0.5, 0.6) is 0 Å². The van der Waals surface area contributed by atoms with Gasteiger partial charge in [-0.2, -0.15) is 0 Å². The minimum absolute atomic E-state index is 0.547. The number of nitrogens with zero attached hydrogens (tertiary/aromatic N) is 2. The van der Waals surface area contributed by atoms with Crippen molar-refractivity contribution >= 4 is 5.69 Å². The van der Waals surface area contributed by atoms with Crippen LogP contribution in [0.2, 0.25) is 0 Å². The van der Waals surface area contributed by atoms with Crippen LogP contribution in [-0.4, -0.2) is 10.1 Å². The Hall–Kier alpha value is -1.84. The Bertz CT molecular complexity index is 422. The first-order chi connectivity index (χ1) is 6.27. The van der Waals surface area contributed by atoms with Gasteiger partial charge in [0.25, 0.3) is 0 Å². The Kier molecular flexibility index (Phi) is 1.73. The molecule has 66 valence electrons. The van der Waals surface area contributed by atoms with Crippen molar-refractivity contribution in [2.45, 2.75) is 6.92 Å². The van der Waals surface area contributed by atoms with Gasteiger partial charge in [-0.15, -0.1) is 0 Å². The Balaban J connectivity index is 2.53.